The van der Waals surface area contributed by atoms with Crippen molar-refractivity contribution >= 4 is 29.1 Å². The fourth-order valence-corrected chi connectivity index (χ4v) is 3.50. The van der Waals surface area contributed by atoms with Crippen molar-refractivity contribution in [2.75, 3.05) is 32.6 Å². The van der Waals surface area contributed by atoms with E-state index in [1.165, 1.54) is 26.4 Å². The number of benzene rings is 2. The molecule has 0 radical (unpaired) electrons. The maximum Gasteiger partial charge on any atom is 0.229 e. The molecule has 1 atom stereocenters. The average Bonchev–Trinajstić information content (AvgIpc) is 3.09. The number of rotatable bonds is 7. The van der Waals surface area contributed by atoms with Gasteiger partial charge in [-0.3, -0.25) is 9.59 Å². The third-order valence-corrected chi connectivity index (χ3v) is 5.20. The third kappa shape index (κ3) is 4.98. The Hall–Kier alpha value is -2.80. The van der Waals surface area contributed by atoms with Crippen LogP contribution in [0.2, 0.25) is 5.02 Å². The molecule has 0 spiro atoms. The van der Waals surface area contributed by atoms with Crippen LogP contribution < -0.4 is 14.8 Å². The van der Waals surface area contributed by atoms with Crippen molar-refractivity contribution in [2.24, 2.45) is 5.92 Å². The molecule has 1 aliphatic heterocycles. The van der Waals surface area contributed by atoms with E-state index < -0.39 is 5.92 Å². The Labute approximate surface area is 173 Å². The highest BCUT2D eigenvalue weighted by Crippen LogP contribution is 2.36. The van der Waals surface area contributed by atoms with Gasteiger partial charge in [0.2, 0.25) is 11.8 Å². The second kappa shape index (κ2) is 9.13. The zero-order valence-electron chi connectivity index (χ0n) is 16.2. The molecular weight excluding hydrogens is 399 g/mol. The van der Waals surface area contributed by atoms with E-state index in [0.717, 1.165) is 5.56 Å². The second-order valence-electron chi connectivity index (χ2n) is 6.79. The molecule has 1 heterocycles. The lowest BCUT2D eigenvalue weighted by atomic mass is 10.1. The highest BCUT2D eigenvalue weighted by molar-refractivity contribution is 6.32. The largest absolute Gasteiger partial charge is 0.495 e. The fourth-order valence-electron chi connectivity index (χ4n) is 3.27. The molecule has 154 valence electrons. The van der Waals surface area contributed by atoms with Crippen molar-refractivity contribution in [3.8, 4) is 11.5 Å². The molecule has 1 N–H and O–H groups in total. The molecule has 0 saturated carbocycles. The van der Waals surface area contributed by atoms with Crippen molar-refractivity contribution in [1.82, 2.24) is 4.90 Å². The number of nitrogens with one attached hydrogen (secondary N) is 1. The van der Waals surface area contributed by atoms with Crippen molar-refractivity contribution < 1.29 is 23.5 Å². The van der Waals surface area contributed by atoms with Crippen LogP contribution in [-0.4, -0.2) is 44.0 Å². The van der Waals surface area contributed by atoms with Gasteiger partial charge in [0.1, 0.15) is 17.3 Å². The molecule has 6 nitrogen and oxygen atoms in total. The molecule has 0 aromatic heterocycles. The Balaban J connectivity index is 1.62. The van der Waals surface area contributed by atoms with Gasteiger partial charge >= 0.3 is 0 Å². The minimum atomic E-state index is -0.470. The number of likely N-dealkylation sites (tertiary alicyclic amines) is 1. The summed E-state index contributed by atoms with van der Waals surface area (Å²) in [5, 5.41) is 3.17. The number of ether oxygens (including phenoxy) is 2. The SMILES string of the molecule is COc1cc(NC(=O)[C@@H]2CC(=O)N(CCc3ccc(F)cc3)C2)c(OC)cc1Cl. The fraction of sp³-hybridized carbons (Fsp3) is 0.333. The molecule has 2 amide bonds. The molecule has 3 rings (SSSR count). The summed E-state index contributed by atoms with van der Waals surface area (Å²) in [5.74, 6) is -0.301. The molecule has 2 aromatic rings. The number of halogens is 2. The van der Waals surface area contributed by atoms with E-state index in [1.54, 1.807) is 29.2 Å². The second-order valence-corrected chi connectivity index (χ2v) is 7.20. The average molecular weight is 421 g/mol. The van der Waals surface area contributed by atoms with Gasteiger partial charge in [-0.1, -0.05) is 23.7 Å². The zero-order valence-corrected chi connectivity index (χ0v) is 17.0. The van der Waals surface area contributed by atoms with E-state index in [4.69, 9.17) is 21.1 Å². The molecular formula is C21H22ClFN2O4. The molecule has 1 aliphatic rings. The normalized spacial score (nSPS) is 16.1. The smallest absolute Gasteiger partial charge is 0.229 e. The van der Waals surface area contributed by atoms with Gasteiger partial charge in [0.15, 0.2) is 0 Å². The van der Waals surface area contributed by atoms with Crippen LogP contribution in [0.25, 0.3) is 0 Å². The van der Waals surface area contributed by atoms with Crippen LogP contribution in [0.4, 0.5) is 10.1 Å². The first-order chi connectivity index (χ1) is 13.9. The van der Waals surface area contributed by atoms with Crippen molar-refractivity contribution in [3.05, 3.63) is 52.8 Å². The minimum absolute atomic E-state index is 0.0760. The highest BCUT2D eigenvalue weighted by Gasteiger charge is 2.34. The number of carbonyl (C=O) groups excluding carboxylic acids is 2. The standard InChI is InChI=1S/C21H22ClFN2O4/c1-28-18-11-17(19(29-2)10-16(18)22)24-21(27)14-9-20(26)25(12-14)8-7-13-3-5-15(23)6-4-13/h3-6,10-11,14H,7-9,12H2,1-2H3,(H,24,27)/t14-/m1/s1. The molecule has 0 aliphatic carbocycles. The molecule has 2 aromatic carbocycles. The van der Waals surface area contributed by atoms with Crippen molar-refractivity contribution in [1.29, 1.82) is 0 Å². The quantitative estimate of drug-likeness (QED) is 0.744. The zero-order chi connectivity index (χ0) is 21.0. The van der Waals surface area contributed by atoms with E-state index in [2.05, 4.69) is 5.32 Å². The maximum atomic E-state index is 13.0. The van der Waals surface area contributed by atoms with Gasteiger partial charge in [-0.05, 0) is 24.1 Å². The van der Waals surface area contributed by atoms with Gasteiger partial charge < -0.3 is 19.7 Å². The van der Waals surface area contributed by atoms with Gasteiger partial charge in [-0.15, -0.1) is 0 Å². The number of carbonyl (C=O) groups is 2. The van der Waals surface area contributed by atoms with Gasteiger partial charge in [0, 0.05) is 31.6 Å². The summed E-state index contributed by atoms with van der Waals surface area (Å²) in [4.78, 5) is 26.7. The summed E-state index contributed by atoms with van der Waals surface area (Å²) in [7, 11) is 2.96. The lowest BCUT2D eigenvalue weighted by Gasteiger charge is -2.17. The molecule has 0 unspecified atom stereocenters. The van der Waals surface area contributed by atoms with Gasteiger partial charge in [0.05, 0.1) is 30.8 Å². The van der Waals surface area contributed by atoms with E-state index in [0.29, 0.717) is 41.7 Å². The van der Waals surface area contributed by atoms with E-state index >= 15 is 0 Å². The van der Waals surface area contributed by atoms with E-state index in [-0.39, 0.29) is 24.1 Å². The number of hydrogen-bond acceptors (Lipinski definition) is 4. The molecule has 1 fully saturated rings. The number of amides is 2. The predicted molar refractivity (Wildman–Crippen MR) is 108 cm³/mol. The molecule has 8 heteroatoms. The summed E-state index contributed by atoms with van der Waals surface area (Å²) < 4.78 is 23.5. The lowest BCUT2D eigenvalue weighted by molar-refractivity contribution is -0.128. The van der Waals surface area contributed by atoms with Crippen LogP contribution in [-0.2, 0) is 16.0 Å². The Morgan fingerprint density at radius 2 is 1.90 bits per heavy atom. The Kier molecular flexibility index (Phi) is 6.59. The van der Waals surface area contributed by atoms with Crippen molar-refractivity contribution in [2.45, 2.75) is 12.8 Å². The Morgan fingerprint density at radius 1 is 1.21 bits per heavy atom. The van der Waals surface area contributed by atoms with Gasteiger partial charge in [0.25, 0.3) is 0 Å². The first kappa shape index (κ1) is 20.9. The number of nitrogens with zero attached hydrogens (tertiary/aromatic N) is 1. The van der Waals surface area contributed by atoms with Crippen LogP contribution >= 0.6 is 11.6 Å². The Morgan fingerprint density at radius 3 is 2.55 bits per heavy atom. The topological polar surface area (TPSA) is 67.9 Å². The minimum Gasteiger partial charge on any atom is -0.495 e. The number of hydrogen-bond donors (Lipinski definition) is 1. The number of anilines is 1. The van der Waals surface area contributed by atoms with Crippen LogP contribution in [0.1, 0.15) is 12.0 Å². The monoisotopic (exact) mass is 420 g/mol. The third-order valence-electron chi connectivity index (χ3n) is 4.90. The van der Waals surface area contributed by atoms with Crippen molar-refractivity contribution in [3.63, 3.8) is 0 Å². The summed E-state index contributed by atoms with van der Waals surface area (Å²) in [6.45, 7) is 0.811. The van der Waals surface area contributed by atoms with Gasteiger partial charge in [-0.2, -0.15) is 0 Å². The van der Waals surface area contributed by atoms with Gasteiger partial charge in [-0.25, -0.2) is 4.39 Å². The maximum absolute atomic E-state index is 13.0. The Bertz CT molecular complexity index is 904. The van der Waals surface area contributed by atoms with Crippen LogP contribution in [0, 0.1) is 11.7 Å². The first-order valence-corrected chi connectivity index (χ1v) is 9.53. The molecule has 29 heavy (non-hydrogen) atoms. The van der Waals surface area contributed by atoms with E-state index in [9.17, 15) is 14.0 Å². The van der Waals surface area contributed by atoms with Crippen LogP contribution in [0.15, 0.2) is 36.4 Å². The molecule has 0 bridgehead atoms. The summed E-state index contributed by atoms with van der Waals surface area (Å²) in [6, 6.07) is 9.32. The summed E-state index contributed by atoms with van der Waals surface area (Å²) in [5.41, 5.74) is 1.36. The summed E-state index contributed by atoms with van der Waals surface area (Å²) in [6.07, 6.45) is 0.741. The molecule has 1 saturated heterocycles. The van der Waals surface area contributed by atoms with Crippen LogP contribution in [0.5, 0.6) is 11.5 Å². The number of methoxy groups -OCH3 is 2. The van der Waals surface area contributed by atoms with Crippen LogP contribution in [0.3, 0.4) is 0 Å². The first-order valence-electron chi connectivity index (χ1n) is 9.16. The highest BCUT2D eigenvalue weighted by atomic mass is 35.5. The van der Waals surface area contributed by atoms with E-state index in [1.807, 2.05) is 0 Å². The lowest BCUT2D eigenvalue weighted by Crippen LogP contribution is -2.30. The summed E-state index contributed by atoms with van der Waals surface area (Å²) >= 11 is 6.09. The predicted octanol–water partition coefficient (Wildman–Crippen LogP) is 3.53.